The molecule has 29 heavy (non-hydrogen) atoms. The Bertz CT molecular complexity index is 935. The molecule has 3 N–H and O–H groups in total. The Morgan fingerprint density at radius 1 is 1.07 bits per heavy atom. The van der Waals surface area contributed by atoms with Crippen molar-refractivity contribution in [3.8, 4) is 11.8 Å². The van der Waals surface area contributed by atoms with Gasteiger partial charge in [0.05, 0.1) is 5.56 Å². The first-order chi connectivity index (χ1) is 14.0. The summed E-state index contributed by atoms with van der Waals surface area (Å²) in [5, 5.41) is 11.5. The molecule has 0 fully saturated rings. The van der Waals surface area contributed by atoms with E-state index in [9.17, 15) is 14.4 Å². The molecule has 0 spiro atoms. The van der Waals surface area contributed by atoms with E-state index in [-0.39, 0.29) is 12.4 Å². The maximum atomic E-state index is 12.0. The summed E-state index contributed by atoms with van der Waals surface area (Å²) in [6, 6.07) is 16.8. The molecule has 0 heterocycles. The second kappa shape index (κ2) is 10.9. The van der Waals surface area contributed by atoms with Gasteiger partial charge in [0.1, 0.15) is 17.9 Å². The molecule has 2 aromatic carbocycles. The number of para-hydroxylation sites is 1. The molecule has 0 radical (unpaired) electrons. The highest BCUT2D eigenvalue weighted by atomic mass is 16.5. The van der Waals surface area contributed by atoms with Gasteiger partial charge >= 0.3 is 0 Å². The number of carbonyl (C=O) groups is 3. The van der Waals surface area contributed by atoms with Gasteiger partial charge in [-0.2, -0.15) is 5.26 Å². The van der Waals surface area contributed by atoms with Crippen LogP contribution >= 0.6 is 0 Å². The first-order valence-corrected chi connectivity index (χ1v) is 8.74. The molecule has 0 aromatic heterocycles. The van der Waals surface area contributed by atoms with Gasteiger partial charge in [-0.3, -0.25) is 25.2 Å². The van der Waals surface area contributed by atoms with Gasteiger partial charge in [-0.05, 0) is 30.7 Å². The zero-order chi connectivity index (χ0) is 21.1. The van der Waals surface area contributed by atoms with Gasteiger partial charge in [-0.1, -0.05) is 42.5 Å². The Morgan fingerprint density at radius 2 is 1.76 bits per heavy atom. The van der Waals surface area contributed by atoms with Gasteiger partial charge in [-0.15, -0.1) is 0 Å². The van der Waals surface area contributed by atoms with Crippen LogP contribution in [0.2, 0.25) is 0 Å². The highest BCUT2D eigenvalue weighted by Crippen LogP contribution is 2.15. The summed E-state index contributed by atoms with van der Waals surface area (Å²) < 4.78 is 5.26. The van der Waals surface area contributed by atoms with Crippen molar-refractivity contribution in [1.82, 2.24) is 16.2 Å². The van der Waals surface area contributed by atoms with Crippen LogP contribution in [-0.4, -0.2) is 30.4 Å². The van der Waals surface area contributed by atoms with Gasteiger partial charge < -0.3 is 10.1 Å². The first-order valence-electron chi connectivity index (χ1n) is 8.74. The van der Waals surface area contributed by atoms with E-state index in [1.165, 1.54) is 13.0 Å². The fourth-order valence-electron chi connectivity index (χ4n) is 2.17. The average Bonchev–Trinajstić information content (AvgIpc) is 2.75. The molecular formula is C21H20N4O4. The minimum atomic E-state index is -0.872. The van der Waals surface area contributed by atoms with Gasteiger partial charge in [0.15, 0.2) is 6.61 Å². The van der Waals surface area contributed by atoms with Crippen molar-refractivity contribution < 1.29 is 19.1 Å². The Hall–Kier alpha value is -4.12. The lowest BCUT2D eigenvalue weighted by Crippen LogP contribution is -2.51. The number of carbonyl (C=O) groups excluding carboxylic acids is 3. The van der Waals surface area contributed by atoms with E-state index in [2.05, 4.69) is 16.2 Å². The summed E-state index contributed by atoms with van der Waals surface area (Å²) in [4.78, 5) is 35.7. The predicted molar refractivity (Wildman–Crippen MR) is 106 cm³/mol. The van der Waals surface area contributed by atoms with Crippen LogP contribution in [-0.2, 0) is 14.4 Å². The lowest BCUT2D eigenvalue weighted by Gasteiger charge is -2.14. The number of hydrogen-bond donors (Lipinski definition) is 3. The third kappa shape index (κ3) is 7.19. The summed E-state index contributed by atoms with van der Waals surface area (Å²) >= 11 is 0. The van der Waals surface area contributed by atoms with Crippen LogP contribution in [0.4, 0.5) is 0 Å². The molecule has 2 aromatic rings. The molecule has 2 rings (SSSR count). The van der Waals surface area contributed by atoms with Gasteiger partial charge in [0.2, 0.25) is 5.91 Å². The minimum Gasteiger partial charge on any atom is -0.482 e. The molecule has 0 saturated carbocycles. The maximum Gasteiger partial charge on any atom is 0.276 e. The highest BCUT2D eigenvalue weighted by molar-refractivity contribution is 5.95. The fourth-order valence-corrected chi connectivity index (χ4v) is 2.17. The quantitative estimate of drug-likeness (QED) is 0.485. The third-order valence-electron chi connectivity index (χ3n) is 3.67. The zero-order valence-corrected chi connectivity index (χ0v) is 15.7. The second-order valence-electron chi connectivity index (χ2n) is 5.91. The lowest BCUT2D eigenvalue weighted by atomic mass is 10.2. The topological polar surface area (TPSA) is 120 Å². The van der Waals surface area contributed by atoms with Crippen LogP contribution in [0.15, 0.2) is 60.7 Å². The fraction of sp³-hybridized carbons (Fsp3) is 0.143. The molecule has 0 aliphatic heterocycles. The predicted octanol–water partition coefficient (Wildman–Crippen LogP) is 1.30. The molecule has 1 atom stereocenters. The molecule has 0 saturated heterocycles. The van der Waals surface area contributed by atoms with Crippen LogP contribution < -0.4 is 20.9 Å². The summed E-state index contributed by atoms with van der Waals surface area (Å²) in [6.45, 7) is 1.09. The Balaban J connectivity index is 1.73. The number of amides is 3. The van der Waals surface area contributed by atoms with Crippen molar-refractivity contribution in [2.75, 3.05) is 6.61 Å². The van der Waals surface area contributed by atoms with E-state index in [0.717, 1.165) is 5.56 Å². The maximum absolute atomic E-state index is 12.0. The number of hydrazine groups is 1. The van der Waals surface area contributed by atoms with Crippen LogP contribution in [0.25, 0.3) is 6.08 Å². The molecule has 0 aliphatic carbocycles. The summed E-state index contributed by atoms with van der Waals surface area (Å²) in [5.41, 5.74) is 5.54. The van der Waals surface area contributed by atoms with Crippen LogP contribution in [0.5, 0.6) is 5.75 Å². The molecular weight excluding hydrogens is 372 g/mol. The van der Waals surface area contributed by atoms with Crippen LogP contribution in [0.1, 0.15) is 18.1 Å². The highest BCUT2D eigenvalue weighted by Gasteiger charge is 2.15. The van der Waals surface area contributed by atoms with Crippen molar-refractivity contribution >= 4 is 23.8 Å². The molecule has 0 unspecified atom stereocenters. The molecule has 3 amide bonds. The summed E-state index contributed by atoms with van der Waals surface area (Å²) in [7, 11) is 0. The third-order valence-corrected chi connectivity index (χ3v) is 3.67. The lowest BCUT2D eigenvalue weighted by molar-refractivity contribution is -0.131. The van der Waals surface area contributed by atoms with Crippen LogP contribution in [0.3, 0.4) is 0 Å². The molecule has 8 heteroatoms. The minimum absolute atomic E-state index is 0.266. The van der Waals surface area contributed by atoms with Gasteiger partial charge in [0.25, 0.3) is 11.8 Å². The number of nitrogens with zero attached hydrogens (tertiary/aromatic N) is 1. The van der Waals surface area contributed by atoms with Crippen molar-refractivity contribution in [2.24, 2.45) is 0 Å². The number of rotatable bonds is 7. The first kappa shape index (κ1) is 21.2. The number of ether oxygens (including phenoxy) is 1. The summed E-state index contributed by atoms with van der Waals surface area (Å²) in [5.74, 6) is -1.40. The van der Waals surface area contributed by atoms with E-state index in [1.54, 1.807) is 30.3 Å². The monoisotopic (exact) mass is 392 g/mol. The van der Waals surface area contributed by atoms with Gasteiger partial charge in [0, 0.05) is 6.08 Å². The van der Waals surface area contributed by atoms with E-state index < -0.39 is 23.8 Å². The Morgan fingerprint density at radius 3 is 2.48 bits per heavy atom. The van der Waals surface area contributed by atoms with E-state index in [4.69, 9.17) is 10.00 Å². The molecule has 0 aliphatic rings. The van der Waals surface area contributed by atoms with E-state index >= 15 is 0 Å². The van der Waals surface area contributed by atoms with E-state index in [0.29, 0.717) is 5.56 Å². The molecule has 148 valence electrons. The van der Waals surface area contributed by atoms with Crippen molar-refractivity contribution in [2.45, 2.75) is 13.0 Å². The number of nitrogens with one attached hydrogen (secondary N) is 3. The molecule has 8 nitrogen and oxygen atoms in total. The normalized spacial score (nSPS) is 11.2. The number of hydrogen-bond acceptors (Lipinski definition) is 5. The smallest absolute Gasteiger partial charge is 0.276 e. The van der Waals surface area contributed by atoms with Gasteiger partial charge in [-0.25, -0.2) is 0 Å². The Labute approximate surface area is 168 Å². The van der Waals surface area contributed by atoms with Crippen molar-refractivity contribution in [3.63, 3.8) is 0 Å². The van der Waals surface area contributed by atoms with Crippen LogP contribution in [0, 0.1) is 11.3 Å². The average molecular weight is 392 g/mol. The number of nitriles is 1. The zero-order valence-electron chi connectivity index (χ0n) is 15.7. The van der Waals surface area contributed by atoms with E-state index in [1.807, 2.05) is 36.4 Å². The second-order valence-corrected chi connectivity index (χ2v) is 5.91. The van der Waals surface area contributed by atoms with Crippen molar-refractivity contribution in [3.05, 3.63) is 71.8 Å². The Kier molecular flexibility index (Phi) is 7.96. The standard InChI is InChI=1S/C21H20N4O4/c1-15(23-19(26)12-11-16-7-3-2-4-8-16)21(28)25-24-20(27)14-29-18-10-6-5-9-17(18)13-22/h2-12,15H,14H2,1H3,(H,23,26)(H,24,27)(H,25,28)/b12-11+/t15-/m0/s1. The van der Waals surface area contributed by atoms with Crippen molar-refractivity contribution in [1.29, 1.82) is 5.26 Å². The molecule has 0 bridgehead atoms. The SMILES string of the molecule is C[C@H](NC(=O)/C=C/c1ccccc1)C(=O)NNC(=O)COc1ccccc1C#N. The summed E-state index contributed by atoms with van der Waals surface area (Å²) in [6.07, 6.45) is 2.94. The largest absolute Gasteiger partial charge is 0.482 e. The number of benzene rings is 2.